The van der Waals surface area contributed by atoms with E-state index in [1.165, 1.54) is 0 Å². The summed E-state index contributed by atoms with van der Waals surface area (Å²) in [5, 5.41) is 9.01. The first kappa shape index (κ1) is 16.5. The van der Waals surface area contributed by atoms with Crippen LogP contribution in [0, 0.1) is 11.3 Å². The van der Waals surface area contributed by atoms with Crippen LogP contribution in [-0.2, 0) is 11.2 Å². The van der Waals surface area contributed by atoms with E-state index in [2.05, 4.69) is 26.9 Å². The van der Waals surface area contributed by atoms with Crippen LogP contribution in [0.1, 0.15) is 11.1 Å². The Balaban J connectivity index is 1.58. The lowest BCUT2D eigenvalue weighted by atomic mass is 10.1. The molecule has 0 atom stereocenters. The summed E-state index contributed by atoms with van der Waals surface area (Å²) < 4.78 is 0.995. The van der Waals surface area contributed by atoms with Gasteiger partial charge in [0.1, 0.15) is 0 Å². The van der Waals surface area contributed by atoms with Gasteiger partial charge in [0, 0.05) is 36.3 Å². The number of halogens is 1. The number of carbonyl (C=O) groups is 1. The Hall–Kier alpha value is -2.32. The zero-order chi connectivity index (χ0) is 16.9. The molecule has 122 valence electrons. The number of piperazine rings is 1. The van der Waals surface area contributed by atoms with Gasteiger partial charge in [-0.1, -0.05) is 34.1 Å². The summed E-state index contributed by atoms with van der Waals surface area (Å²) in [7, 11) is 0. The minimum absolute atomic E-state index is 0.165. The highest BCUT2D eigenvalue weighted by Crippen LogP contribution is 2.19. The third-order valence-electron chi connectivity index (χ3n) is 4.22. The highest BCUT2D eigenvalue weighted by atomic mass is 79.9. The number of hydrogen-bond acceptors (Lipinski definition) is 3. The minimum atomic E-state index is 0.165. The van der Waals surface area contributed by atoms with Crippen LogP contribution >= 0.6 is 15.9 Å². The number of nitriles is 1. The molecule has 0 unspecified atom stereocenters. The van der Waals surface area contributed by atoms with Crippen LogP contribution in [0.5, 0.6) is 0 Å². The summed E-state index contributed by atoms with van der Waals surface area (Å²) in [4.78, 5) is 16.6. The lowest BCUT2D eigenvalue weighted by Crippen LogP contribution is -2.49. The molecule has 0 aromatic heterocycles. The highest BCUT2D eigenvalue weighted by molar-refractivity contribution is 9.10. The number of rotatable bonds is 3. The fourth-order valence-corrected chi connectivity index (χ4v) is 3.37. The molecule has 2 aromatic carbocycles. The second-order valence-electron chi connectivity index (χ2n) is 5.84. The van der Waals surface area contributed by atoms with Gasteiger partial charge in [-0.15, -0.1) is 0 Å². The Bertz CT molecular complexity index is 776. The van der Waals surface area contributed by atoms with E-state index in [9.17, 15) is 4.79 Å². The molecule has 1 fully saturated rings. The van der Waals surface area contributed by atoms with Crippen molar-refractivity contribution in [3.63, 3.8) is 0 Å². The monoisotopic (exact) mass is 383 g/mol. The largest absolute Gasteiger partial charge is 0.368 e. The normalized spacial score (nSPS) is 14.3. The van der Waals surface area contributed by atoms with Crippen molar-refractivity contribution in [3.8, 4) is 6.07 Å². The molecule has 0 spiro atoms. The molecule has 1 saturated heterocycles. The lowest BCUT2D eigenvalue weighted by Gasteiger charge is -2.36. The minimum Gasteiger partial charge on any atom is -0.368 e. The van der Waals surface area contributed by atoms with Crippen molar-refractivity contribution < 1.29 is 4.79 Å². The van der Waals surface area contributed by atoms with Crippen molar-refractivity contribution >= 4 is 27.5 Å². The maximum Gasteiger partial charge on any atom is 0.227 e. The van der Waals surface area contributed by atoms with Gasteiger partial charge in [0.05, 0.1) is 18.1 Å². The van der Waals surface area contributed by atoms with Crippen LogP contribution in [-0.4, -0.2) is 37.0 Å². The van der Waals surface area contributed by atoms with E-state index in [0.717, 1.165) is 28.8 Å². The average molecular weight is 384 g/mol. The molecule has 0 bridgehead atoms. The fraction of sp³-hybridized carbons (Fsp3) is 0.263. The fourth-order valence-electron chi connectivity index (χ4n) is 2.92. The van der Waals surface area contributed by atoms with Gasteiger partial charge in [-0.2, -0.15) is 5.26 Å². The van der Waals surface area contributed by atoms with Gasteiger partial charge in [-0.25, -0.2) is 0 Å². The summed E-state index contributed by atoms with van der Waals surface area (Å²) >= 11 is 3.44. The van der Waals surface area contributed by atoms with Gasteiger partial charge in [-0.05, 0) is 35.9 Å². The van der Waals surface area contributed by atoms with Crippen LogP contribution in [0.3, 0.4) is 0 Å². The molecule has 3 rings (SSSR count). The van der Waals surface area contributed by atoms with Gasteiger partial charge in [0.2, 0.25) is 5.91 Å². The van der Waals surface area contributed by atoms with E-state index in [-0.39, 0.29) is 5.91 Å². The molecular formula is C19H18BrN3O. The first-order valence-electron chi connectivity index (χ1n) is 7.93. The molecule has 1 aliphatic rings. The Labute approximate surface area is 150 Å². The van der Waals surface area contributed by atoms with Crippen LogP contribution in [0.2, 0.25) is 0 Å². The predicted molar refractivity (Wildman–Crippen MR) is 97.8 cm³/mol. The van der Waals surface area contributed by atoms with Crippen molar-refractivity contribution in [2.75, 3.05) is 31.1 Å². The van der Waals surface area contributed by atoms with Gasteiger partial charge in [-0.3, -0.25) is 4.79 Å². The molecule has 0 radical (unpaired) electrons. The third kappa shape index (κ3) is 3.95. The maximum absolute atomic E-state index is 12.5. The number of benzene rings is 2. The van der Waals surface area contributed by atoms with E-state index in [0.29, 0.717) is 25.1 Å². The molecule has 1 amide bonds. The highest BCUT2D eigenvalue weighted by Gasteiger charge is 2.21. The first-order valence-corrected chi connectivity index (χ1v) is 8.72. The molecule has 1 aliphatic heterocycles. The molecule has 4 nitrogen and oxygen atoms in total. The lowest BCUT2D eigenvalue weighted by molar-refractivity contribution is -0.130. The molecular weight excluding hydrogens is 366 g/mol. The zero-order valence-electron chi connectivity index (χ0n) is 13.3. The molecule has 24 heavy (non-hydrogen) atoms. The van der Waals surface area contributed by atoms with Crippen LogP contribution in [0.25, 0.3) is 0 Å². The summed E-state index contributed by atoms with van der Waals surface area (Å²) in [5.41, 5.74) is 2.74. The summed E-state index contributed by atoms with van der Waals surface area (Å²) in [6.07, 6.45) is 0.434. The topological polar surface area (TPSA) is 47.3 Å². The van der Waals surface area contributed by atoms with E-state index in [4.69, 9.17) is 5.26 Å². The van der Waals surface area contributed by atoms with Gasteiger partial charge in [0.15, 0.2) is 0 Å². The Morgan fingerprint density at radius 3 is 2.54 bits per heavy atom. The molecule has 0 aliphatic carbocycles. The second kappa shape index (κ2) is 7.50. The second-order valence-corrected chi connectivity index (χ2v) is 6.75. The maximum atomic E-state index is 12.5. The first-order chi connectivity index (χ1) is 11.7. The van der Waals surface area contributed by atoms with Crippen LogP contribution in [0.4, 0.5) is 5.69 Å². The van der Waals surface area contributed by atoms with Crippen molar-refractivity contribution in [3.05, 3.63) is 64.1 Å². The number of hydrogen-bond donors (Lipinski definition) is 0. The molecule has 0 saturated carbocycles. The Morgan fingerprint density at radius 1 is 1.08 bits per heavy atom. The van der Waals surface area contributed by atoms with Crippen LogP contribution < -0.4 is 4.90 Å². The summed E-state index contributed by atoms with van der Waals surface area (Å²) in [6.45, 7) is 3.01. The van der Waals surface area contributed by atoms with E-state index >= 15 is 0 Å². The molecule has 5 heteroatoms. The smallest absolute Gasteiger partial charge is 0.227 e. The summed E-state index contributed by atoms with van der Waals surface area (Å²) in [5.74, 6) is 0.165. The standard InChI is InChI=1S/C19H18BrN3O/c20-17-5-1-3-15(11-17)13-19(24)23-9-7-22(8-10-23)18-6-2-4-16(12-18)14-21/h1-6,11-12H,7-10,13H2. The number of anilines is 1. The Kier molecular flexibility index (Phi) is 5.17. The van der Waals surface area contributed by atoms with Gasteiger partial charge in [0.25, 0.3) is 0 Å². The van der Waals surface area contributed by atoms with E-state index in [1.54, 1.807) is 6.07 Å². The van der Waals surface area contributed by atoms with E-state index in [1.807, 2.05) is 47.4 Å². The van der Waals surface area contributed by atoms with E-state index < -0.39 is 0 Å². The van der Waals surface area contributed by atoms with Crippen LogP contribution in [0.15, 0.2) is 53.0 Å². The quantitative estimate of drug-likeness (QED) is 0.817. The number of amides is 1. The Morgan fingerprint density at radius 2 is 1.83 bits per heavy atom. The number of nitrogens with zero attached hydrogens (tertiary/aromatic N) is 3. The van der Waals surface area contributed by atoms with Crippen molar-refractivity contribution in [1.82, 2.24) is 4.90 Å². The summed E-state index contributed by atoms with van der Waals surface area (Å²) in [6, 6.07) is 17.7. The average Bonchev–Trinajstić information content (AvgIpc) is 2.62. The molecule has 1 heterocycles. The van der Waals surface area contributed by atoms with Crippen molar-refractivity contribution in [2.45, 2.75) is 6.42 Å². The SMILES string of the molecule is N#Cc1cccc(N2CCN(C(=O)Cc3cccc(Br)c3)CC2)c1. The third-order valence-corrected chi connectivity index (χ3v) is 4.71. The van der Waals surface area contributed by atoms with Gasteiger partial charge >= 0.3 is 0 Å². The molecule has 2 aromatic rings. The van der Waals surface area contributed by atoms with Crippen molar-refractivity contribution in [2.24, 2.45) is 0 Å². The molecule has 0 N–H and O–H groups in total. The predicted octanol–water partition coefficient (Wildman–Crippen LogP) is 3.21. The zero-order valence-corrected chi connectivity index (χ0v) is 14.9. The van der Waals surface area contributed by atoms with Gasteiger partial charge < -0.3 is 9.80 Å². The van der Waals surface area contributed by atoms with Crippen molar-refractivity contribution in [1.29, 1.82) is 5.26 Å². The number of carbonyl (C=O) groups excluding carboxylic acids is 1.